The maximum atomic E-state index is 4.69. The van der Waals surface area contributed by atoms with Gasteiger partial charge in [-0.3, -0.25) is 4.98 Å². The topological polar surface area (TPSA) is 41.0 Å². The van der Waals surface area contributed by atoms with Crippen LogP contribution in [-0.4, -0.2) is 36.1 Å². The fraction of sp³-hybridized carbons (Fsp3) is 0.429. The lowest BCUT2D eigenvalue weighted by molar-refractivity contribution is 0.441. The highest BCUT2D eigenvalue weighted by Crippen LogP contribution is 2.19. The van der Waals surface area contributed by atoms with Crippen LogP contribution in [0.15, 0.2) is 30.5 Å². The molecule has 4 nitrogen and oxygen atoms in total. The molecule has 2 heterocycles. The lowest BCUT2D eigenvalue weighted by Gasteiger charge is -2.32. The van der Waals surface area contributed by atoms with E-state index >= 15 is 0 Å². The van der Waals surface area contributed by atoms with Crippen molar-refractivity contribution in [1.82, 2.24) is 15.3 Å². The molecule has 18 heavy (non-hydrogen) atoms. The van der Waals surface area contributed by atoms with Gasteiger partial charge in [-0.15, -0.1) is 0 Å². The summed E-state index contributed by atoms with van der Waals surface area (Å²) < 4.78 is 0. The van der Waals surface area contributed by atoms with Gasteiger partial charge in [-0.1, -0.05) is 12.1 Å². The second kappa shape index (κ2) is 4.90. The second-order valence-electron chi connectivity index (χ2n) is 4.77. The zero-order valence-corrected chi connectivity index (χ0v) is 10.6. The third-order valence-corrected chi connectivity index (χ3v) is 3.66. The molecule has 0 radical (unpaired) electrons. The van der Waals surface area contributed by atoms with E-state index in [1.807, 2.05) is 37.5 Å². The molecule has 0 aliphatic carbocycles. The first-order valence-corrected chi connectivity index (χ1v) is 6.51. The maximum Gasteiger partial charge on any atom is 0.147 e. The van der Waals surface area contributed by atoms with Gasteiger partial charge >= 0.3 is 0 Å². The van der Waals surface area contributed by atoms with Gasteiger partial charge in [0, 0.05) is 19.1 Å². The van der Waals surface area contributed by atoms with Crippen LogP contribution in [0.25, 0.3) is 11.0 Å². The predicted octanol–water partition coefficient (Wildman–Crippen LogP) is 1.82. The maximum absolute atomic E-state index is 4.69. The molecule has 0 amide bonds. The van der Waals surface area contributed by atoms with Crippen molar-refractivity contribution in [1.29, 1.82) is 0 Å². The Hall–Kier alpha value is -1.68. The van der Waals surface area contributed by atoms with E-state index in [-0.39, 0.29) is 0 Å². The molecular weight excluding hydrogens is 224 g/mol. The van der Waals surface area contributed by atoms with E-state index in [4.69, 9.17) is 4.98 Å². The van der Waals surface area contributed by atoms with Gasteiger partial charge in [0.1, 0.15) is 5.82 Å². The summed E-state index contributed by atoms with van der Waals surface area (Å²) in [4.78, 5) is 11.5. The Bertz CT molecular complexity index is 532. The van der Waals surface area contributed by atoms with Crippen LogP contribution >= 0.6 is 0 Å². The van der Waals surface area contributed by atoms with Gasteiger partial charge in [0.25, 0.3) is 0 Å². The largest absolute Gasteiger partial charge is 0.355 e. The molecule has 2 aromatic rings. The van der Waals surface area contributed by atoms with Gasteiger partial charge in [-0.05, 0) is 32.0 Å². The van der Waals surface area contributed by atoms with Gasteiger partial charge in [-0.25, -0.2) is 4.98 Å². The normalized spacial score (nSPS) is 17.3. The fourth-order valence-electron chi connectivity index (χ4n) is 2.50. The van der Waals surface area contributed by atoms with Gasteiger partial charge in [-0.2, -0.15) is 0 Å². The number of fused-ring (bicyclic) bond motifs is 1. The number of nitrogens with zero attached hydrogens (tertiary/aromatic N) is 3. The Morgan fingerprint density at radius 1 is 1.17 bits per heavy atom. The molecule has 1 aromatic carbocycles. The standard InChI is InChI=1S/C14H18N4/c1-15-11-6-8-18(9-7-11)14-10-16-12-4-2-3-5-13(12)17-14/h2-5,10-11,15H,6-9H2,1H3. The van der Waals surface area contributed by atoms with E-state index in [2.05, 4.69) is 15.2 Å². The fourth-order valence-corrected chi connectivity index (χ4v) is 2.50. The lowest BCUT2D eigenvalue weighted by atomic mass is 10.1. The Morgan fingerprint density at radius 3 is 2.61 bits per heavy atom. The number of hydrogen-bond donors (Lipinski definition) is 1. The van der Waals surface area contributed by atoms with Gasteiger partial charge in [0.2, 0.25) is 0 Å². The first kappa shape index (κ1) is 11.4. The highest BCUT2D eigenvalue weighted by atomic mass is 15.2. The molecule has 0 spiro atoms. The Kier molecular flexibility index (Phi) is 3.11. The van der Waals surface area contributed by atoms with E-state index < -0.39 is 0 Å². The van der Waals surface area contributed by atoms with Gasteiger partial charge < -0.3 is 10.2 Å². The lowest BCUT2D eigenvalue weighted by Crippen LogP contribution is -2.41. The Balaban J connectivity index is 1.82. The highest BCUT2D eigenvalue weighted by Gasteiger charge is 2.18. The molecule has 94 valence electrons. The number of nitrogens with one attached hydrogen (secondary N) is 1. The van der Waals surface area contributed by atoms with E-state index in [1.54, 1.807) is 0 Å². The van der Waals surface area contributed by atoms with E-state index in [9.17, 15) is 0 Å². The molecule has 0 saturated carbocycles. The van der Waals surface area contributed by atoms with Crippen molar-refractivity contribution in [2.24, 2.45) is 0 Å². The Labute approximate surface area is 107 Å². The number of anilines is 1. The summed E-state index contributed by atoms with van der Waals surface area (Å²) in [5, 5.41) is 3.34. The number of aromatic nitrogens is 2. The minimum absolute atomic E-state index is 0.648. The van der Waals surface area contributed by atoms with Crippen LogP contribution in [0.3, 0.4) is 0 Å². The van der Waals surface area contributed by atoms with Crippen molar-refractivity contribution >= 4 is 16.9 Å². The molecule has 0 atom stereocenters. The minimum Gasteiger partial charge on any atom is -0.355 e. The number of benzene rings is 1. The van der Waals surface area contributed by atoms with Crippen LogP contribution in [0.5, 0.6) is 0 Å². The minimum atomic E-state index is 0.648. The summed E-state index contributed by atoms with van der Waals surface area (Å²) in [7, 11) is 2.04. The summed E-state index contributed by atoms with van der Waals surface area (Å²) in [5.41, 5.74) is 1.94. The molecule has 1 N–H and O–H groups in total. The van der Waals surface area contributed by atoms with Crippen LogP contribution in [0.2, 0.25) is 0 Å². The molecule has 1 aliphatic rings. The summed E-state index contributed by atoms with van der Waals surface area (Å²) in [6, 6.07) is 8.67. The number of rotatable bonds is 2. The third-order valence-electron chi connectivity index (χ3n) is 3.66. The van der Waals surface area contributed by atoms with Crippen LogP contribution in [0.1, 0.15) is 12.8 Å². The van der Waals surface area contributed by atoms with Crippen LogP contribution in [-0.2, 0) is 0 Å². The average Bonchev–Trinajstić information content (AvgIpc) is 2.47. The molecule has 1 fully saturated rings. The molecule has 1 saturated heterocycles. The molecule has 0 bridgehead atoms. The second-order valence-corrected chi connectivity index (χ2v) is 4.77. The molecule has 4 heteroatoms. The first-order valence-electron chi connectivity index (χ1n) is 6.51. The monoisotopic (exact) mass is 242 g/mol. The van der Waals surface area contributed by atoms with Crippen molar-refractivity contribution in [3.8, 4) is 0 Å². The van der Waals surface area contributed by atoms with Crippen LogP contribution < -0.4 is 10.2 Å². The highest BCUT2D eigenvalue weighted by molar-refractivity contribution is 5.75. The predicted molar refractivity (Wildman–Crippen MR) is 73.8 cm³/mol. The molecular formula is C14H18N4. The van der Waals surface area contributed by atoms with Gasteiger partial charge in [0.15, 0.2) is 0 Å². The average molecular weight is 242 g/mol. The summed E-state index contributed by atoms with van der Waals surface area (Å²) in [6.07, 6.45) is 4.23. The van der Waals surface area contributed by atoms with Crippen molar-refractivity contribution in [2.75, 3.05) is 25.0 Å². The SMILES string of the molecule is CNC1CCN(c2cnc3ccccc3n2)CC1. The summed E-state index contributed by atoms with van der Waals surface area (Å²) in [5.74, 6) is 1.00. The van der Waals surface area contributed by atoms with Crippen molar-refractivity contribution < 1.29 is 0 Å². The zero-order valence-electron chi connectivity index (χ0n) is 10.6. The molecule has 3 rings (SSSR count). The first-order chi connectivity index (χ1) is 8.86. The smallest absolute Gasteiger partial charge is 0.147 e. The zero-order chi connectivity index (χ0) is 12.4. The van der Waals surface area contributed by atoms with Crippen molar-refractivity contribution in [3.05, 3.63) is 30.5 Å². The number of hydrogen-bond acceptors (Lipinski definition) is 4. The number of piperidine rings is 1. The quantitative estimate of drug-likeness (QED) is 0.872. The third kappa shape index (κ3) is 2.16. The van der Waals surface area contributed by atoms with Crippen LogP contribution in [0, 0.1) is 0 Å². The summed E-state index contributed by atoms with van der Waals surface area (Å²) in [6.45, 7) is 2.11. The van der Waals surface area contributed by atoms with Crippen molar-refractivity contribution in [3.63, 3.8) is 0 Å². The molecule has 0 unspecified atom stereocenters. The van der Waals surface area contributed by atoms with E-state index in [0.29, 0.717) is 6.04 Å². The number of para-hydroxylation sites is 2. The Morgan fingerprint density at radius 2 is 1.89 bits per heavy atom. The van der Waals surface area contributed by atoms with Gasteiger partial charge in [0.05, 0.1) is 17.2 Å². The van der Waals surface area contributed by atoms with Crippen molar-refractivity contribution in [2.45, 2.75) is 18.9 Å². The van der Waals surface area contributed by atoms with Crippen LogP contribution in [0.4, 0.5) is 5.82 Å². The molecule has 1 aliphatic heterocycles. The summed E-state index contributed by atoms with van der Waals surface area (Å²) >= 11 is 0. The molecule has 1 aromatic heterocycles. The van der Waals surface area contributed by atoms with E-state index in [0.717, 1.165) is 29.9 Å². The van der Waals surface area contributed by atoms with E-state index in [1.165, 1.54) is 12.8 Å².